The summed E-state index contributed by atoms with van der Waals surface area (Å²) in [7, 11) is -2.66. The fourth-order valence-electron chi connectivity index (χ4n) is 8.30. The first-order valence-corrected chi connectivity index (χ1v) is 19.7. The Morgan fingerprint density at radius 3 is 2.47 bits per heavy atom. The van der Waals surface area contributed by atoms with Gasteiger partial charge in [-0.25, -0.2) is 18.2 Å². The maximum Gasteiger partial charge on any atom is 0.329 e. The maximum absolute atomic E-state index is 15.6. The topological polar surface area (TPSA) is 193 Å². The molecule has 1 unspecified atom stereocenters. The number of phenolic OH excluding ortho intramolecular Hbond substituents is 1. The summed E-state index contributed by atoms with van der Waals surface area (Å²) in [6.07, 6.45) is 2.79. The van der Waals surface area contributed by atoms with Crippen LogP contribution in [-0.4, -0.2) is 102 Å². The van der Waals surface area contributed by atoms with Gasteiger partial charge in [0.1, 0.15) is 29.8 Å². The Hall–Kier alpha value is -5.49. The molecule has 0 saturated carbocycles. The van der Waals surface area contributed by atoms with Gasteiger partial charge in [0.2, 0.25) is 17.7 Å². The molecule has 2 atom stereocenters. The highest BCUT2D eigenvalue weighted by atomic mass is 32.2. The molecule has 0 bridgehead atoms. The zero-order chi connectivity index (χ0) is 38.8. The molecule has 4 aromatic rings. The zero-order valence-corrected chi connectivity index (χ0v) is 30.8. The number of piperidine rings is 2. The molecule has 16 nitrogen and oxygen atoms in total. The van der Waals surface area contributed by atoms with Gasteiger partial charge in [-0.1, -0.05) is 12.1 Å². The van der Waals surface area contributed by atoms with E-state index in [0.29, 0.717) is 52.7 Å². The van der Waals surface area contributed by atoms with Crippen LogP contribution >= 0.6 is 0 Å². The Morgan fingerprint density at radius 1 is 0.964 bits per heavy atom. The van der Waals surface area contributed by atoms with Gasteiger partial charge in [-0.15, -0.1) is 0 Å². The number of carbonyl (C=O) groups excluding carboxylic acids is 4. The number of phenols is 1. The highest BCUT2D eigenvalue weighted by Crippen LogP contribution is 2.39. The minimum Gasteiger partial charge on any atom is -0.506 e. The van der Waals surface area contributed by atoms with Crippen LogP contribution in [0.15, 0.2) is 47.3 Å². The quantitative estimate of drug-likeness (QED) is 0.222. The van der Waals surface area contributed by atoms with E-state index in [9.17, 15) is 37.5 Å². The zero-order valence-electron chi connectivity index (χ0n) is 30.0. The second-order valence-corrected chi connectivity index (χ2v) is 16.4. The van der Waals surface area contributed by atoms with Crippen molar-refractivity contribution >= 4 is 61.3 Å². The Labute approximate surface area is 314 Å². The first-order chi connectivity index (χ1) is 26.3. The van der Waals surface area contributed by atoms with Gasteiger partial charge in [0.15, 0.2) is 5.82 Å². The summed E-state index contributed by atoms with van der Waals surface area (Å²) in [6, 6.07) is 11.0. The van der Waals surface area contributed by atoms with E-state index in [-0.39, 0.29) is 54.1 Å². The molecule has 0 radical (unpaired) electrons. The van der Waals surface area contributed by atoms with E-state index in [0.717, 1.165) is 31.4 Å². The molecule has 4 fully saturated rings. The fraction of sp³-hybridized carbons (Fsp3) is 0.432. The van der Waals surface area contributed by atoms with Crippen molar-refractivity contribution in [3.8, 4) is 11.5 Å². The summed E-state index contributed by atoms with van der Waals surface area (Å²) in [4.78, 5) is 66.4. The highest BCUT2D eigenvalue weighted by molar-refractivity contribution is 7.92. The summed E-state index contributed by atoms with van der Waals surface area (Å²) in [5.74, 6) is -2.52. The van der Waals surface area contributed by atoms with Crippen LogP contribution in [-0.2, 0) is 36.4 Å². The van der Waals surface area contributed by atoms with Crippen molar-refractivity contribution in [3.63, 3.8) is 0 Å². The number of imidazole rings is 1. The van der Waals surface area contributed by atoms with Crippen LogP contribution in [0.5, 0.6) is 11.5 Å². The lowest BCUT2D eigenvalue weighted by molar-refractivity contribution is -0.136. The number of aromatic hydroxyl groups is 1. The van der Waals surface area contributed by atoms with Crippen molar-refractivity contribution in [1.29, 1.82) is 0 Å². The molecular weight excluding hydrogens is 738 g/mol. The first kappa shape index (κ1) is 36.5. The van der Waals surface area contributed by atoms with E-state index < -0.39 is 51.9 Å². The number of amides is 4. The van der Waals surface area contributed by atoms with Gasteiger partial charge >= 0.3 is 15.9 Å². The third kappa shape index (κ3) is 6.77. The normalized spacial score (nSPS) is 22.1. The predicted octanol–water partition coefficient (Wildman–Crippen LogP) is 1.60. The van der Waals surface area contributed by atoms with Gasteiger partial charge in [-0.2, -0.15) is 8.42 Å². The molecule has 5 heterocycles. The molecule has 3 N–H and O–H groups in total. The van der Waals surface area contributed by atoms with Crippen molar-refractivity contribution < 1.29 is 41.8 Å². The predicted molar refractivity (Wildman–Crippen MR) is 197 cm³/mol. The number of halogens is 1. The number of fused-ring (bicyclic) bond motifs is 2. The number of likely N-dealkylation sites (tertiary alicyclic amines) is 2. The number of carbonyl (C=O) groups is 4. The van der Waals surface area contributed by atoms with Crippen LogP contribution in [0.2, 0.25) is 0 Å². The van der Waals surface area contributed by atoms with Crippen molar-refractivity contribution in [2.24, 2.45) is 13.0 Å². The molecule has 0 aliphatic carbocycles. The lowest BCUT2D eigenvalue weighted by Crippen LogP contribution is -2.44. The van der Waals surface area contributed by atoms with Crippen molar-refractivity contribution in [2.45, 2.75) is 44.1 Å². The van der Waals surface area contributed by atoms with Gasteiger partial charge in [0.05, 0.1) is 24.2 Å². The highest BCUT2D eigenvalue weighted by Gasteiger charge is 2.38. The van der Waals surface area contributed by atoms with Crippen LogP contribution in [0.25, 0.3) is 21.8 Å². The van der Waals surface area contributed by atoms with E-state index in [2.05, 4.69) is 10.2 Å². The Kier molecular flexibility index (Phi) is 9.27. The molecule has 3 aromatic carbocycles. The summed E-state index contributed by atoms with van der Waals surface area (Å²) in [5.41, 5.74) is 1.50. The number of benzene rings is 3. The minimum absolute atomic E-state index is 0.0253. The second kappa shape index (κ2) is 14.0. The summed E-state index contributed by atoms with van der Waals surface area (Å²) in [6.45, 7) is 2.53. The third-order valence-corrected chi connectivity index (χ3v) is 12.6. The largest absolute Gasteiger partial charge is 0.506 e. The molecular formula is C37H40FN7O9S. The lowest BCUT2D eigenvalue weighted by atomic mass is 9.89. The standard InChI is InChI=1S/C37H40FN7O9S/c1-41-29-14-23(3-5-27(29)45(37(41)51)28-6-7-31(47)39-36(28)50)22-9-12-43(13-10-22)33(49)19-42-11-8-21(17-42)20-54-25-4-2-24-15-30(46)35(34(38)26(24)16-25)44-18-32(48)40-55(44,52)53/h2-5,14-16,21-22,28,46H,6-13,17-20H2,1H3,(H,40,48)(H,39,47,50)/t21-,28?/m0/s1. The van der Waals surface area contributed by atoms with Crippen molar-refractivity contribution in [1.82, 2.24) is 29.0 Å². The Morgan fingerprint density at radius 2 is 1.75 bits per heavy atom. The Bertz CT molecular complexity index is 2440. The molecule has 290 valence electrons. The van der Waals surface area contributed by atoms with Gasteiger partial charge in [0.25, 0.3) is 5.91 Å². The number of ether oxygens (including phenoxy) is 1. The molecule has 4 amide bonds. The average Bonchev–Trinajstić information content (AvgIpc) is 3.79. The van der Waals surface area contributed by atoms with Gasteiger partial charge in [-0.3, -0.25) is 38.5 Å². The van der Waals surface area contributed by atoms with Gasteiger partial charge in [0, 0.05) is 44.4 Å². The number of anilines is 1. The maximum atomic E-state index is 15.6. The number of hydrogen-bond donors (Lipinski definition) is 3. The fourth-order valence-corrected chi connectivity index (χ4v) is 9.47. The molecule has 8 rings (SSSR count). The number of hydrogen-bond acceptors (Lipinski definition) is 10. The number of nitrogens with zero attached hydrogens (tertiary/aromatic N) is 5. The summed E-state index contributed by atoms with van der Waals surface area (Å²) >= 11 is 0. The van der Waals surface area contributed by atoms with E-state index in [1.54, 1.807) is 23.9 Å². The van der Waals surface area contributed by atoms with Crippen LogP contribution < -0.4 is 24.8 Å². The first-order valence-electron chi connectivity index (χ1n) is 18.2. The van der Waals surface area contributed by atoms with Gasteiger partial charge in [-0.05, 0) is 79.4 Å². The van der Waals surface area contributed by atoms with E-state index in [1.165, 1.54) is 21.3 Å². The summed E-state index contributed by atoms with van der Waals surface area (Å²) < 4.78 is 51.6. The molecule has 18 heteroatoms. The van der Waals surface area contributed by atoms with E-state index in [4.69, 9.17) is 4.74 Å². The SMILES string of the molecule is Cn1c(=O)n(C2CCC(=O)NC2=O)c2ccc(C3CCN(C(=O)CN4CC[C@H](COc5ccc6cc(O)c(N7CC(=O)NS7(=O)=O)c(F)c6c5)C4)CC3)cc21. The lowest BCUT2D eigenvalue weighted by Gasteiger charge is -2.33. The molecule has 4 aliphatic heterocycles. The molecule has 0 spiro atoms. The number of nitrogens with one attached hydrogen (secondary N) is 2. The van der Waals surface area contributed by atoms with Crippen LogP contribution in [0.3, 0.4) is 0 Å². The minimum atomic E-state index is -4.34. The number of rotatable bonds is 8. The van der Waals surface area contributed by atoms with Crippen molar-refractivity contribution in [3.05, 3.63) is 64.3 Å². The van der Waals surface area contributed by atoms with Crippen LogP contribution in [0.1, 0.15) is 49.6 Å². The third-order valence-electron chi connectivity index (χ3n) is 11.2. The molecule has 1 aromatic heterocycles. The Balaban J connectivity index is 0.846. The van der Waals surface area contributed by atoms with Crippen molar-refractivity contribution in [2.75, 3.05) is 50.2 Å². The molecule has 4 saturated heterocycles. The second-order valence-electron chi connectivity index (χ2n) is 14.8. The number of aryl methyl sites for hydroxylation is 1. The smallest absolute Gasteiger partial charge is 0.329 e. The average molecular weight is 778 g/mol. The number of imide groups is 1. The van der Waals surface area contributed by atoms with E-state index >= 15 is 4.39 Å². The summed E-state index contributed by atoms with van der Waals surface area (Å²) in [5, 5.41) is 13.1. The number of aromatic nitrogens is 2. The molecule has 4 aliphatic rings. The molecule has 55 heavy (non-hydrogen) atoms. The van der Waals surface area contributed by atoms with Gasteiger partial charge < -0.3 is 14.7 Å². The van der Waals surface area contributed by atoms with E-state index in [1.807, 2.05) is 23.1 Å². The van der Waals surface area contributed by atoms with Crippen LogP contribution in [0.4, 0.5) is 10.1 Å². The van der Waals surface area contributed by atoms with Crippen LogP contribution in [0, 0.1) is 11.7 Å². The monoisotopic (exact) mass is 777 g/mol.